The van der Waals surface area contributed by atoms with Crippen molar-refractivity contribution in [2.45, 2.75) is 58.5 Å². The molecular weight excluding hydrogens is 316 g/mol. The molecule has 134 valence electrons. The number of imidazole rings is 1. The van der Waals surface area contributed by atoms with E-state index >= 15 is 0 Å². The van der Waals surface area contributed by atoms with Crippen molar-refractivity contribution in [1.82, 2.24) is 14.5 Å². The minimum absolute atomic E-state index is 0.185. The maximum absolute atomic E-state index is 12.7. The highest BCUT2D eigenvalue weighted by molar-refractivity contribution is 6.02. The van der Waals surface area contributed by atoms with Crippen LogP contribution in [0.1, 0.15) is 60.3 Å². The fraction of sp³-hybridized carbons (Fsp3) is 0.579. The highest BCUT2D eigenvalue weighted by atomic mass is 16.4. The second-order valence-electron chi connectivity index (χ2n) is 7.02. The highest BCUT2D eigenvalue weighted by Crippen LogP contribution is 2.23. The summed E-state index contributed by atoms with van der Waals surface area (Å²) in [7, 11) is 0. The Morgan fingerprint density at radius 1 is 1.24 bits per heavy atom. The molecule has 6 nitrogen and oxygen atoms in total. The van der Waals surface area contributed by atoms with Crippen LogP contribution in [0.5, 0.6) is 0 Å². The van der Waals surface area contributed by atoms with Gasteiger partial charge in [0.2, 0.25) is 0 Å². The van der Waals surface area contributed by atoms with E-state index < -0.39 is 0 Å². The topological polar surface area (TPSA) is 63.3 Å². The maximum Gasteiger partial charge on any atom is 0.292 e. The molecule has 4 rings (SSSR count). The van der Waals surface area contributed by atoms with Crippen LogP contribution in [0.2, 0.25) is 0 Å². The number of furan rings is 1. The van der Waals surface area contributed by atoms with Crippen molar-refractivity contribution in [3.63, 3.8) is 0 Å². The van der Waals surface area contributed by atoms with Crippen molar-refractivity contribution in [2.75, 3.05) is 18.4 Å². The molecule has 2 aromatic rings. The smallest absolute Gasteiger partial charge is 0.292 e. The zero-order valence-electron chi connectivity index (χ0n) is 14.9. The van der Waals surface area contributed by atoms with Crippen molar-refractivity contribution in [2.24, 2.45) is 0 Å². The van der Waals surface area contributed by atoms with Crippen LogP contribution in [-0.4, -0.2) is 33.4 Å². The molecule has 1 fully saturated rings. The average molecular weight is 342 g/mol. The van der Waals surface area contributed by atoms with E-state index in [4.69, 9.17) is 4.42 Å². The predicted molar refractivity (Wildman–Crippen MR) is 95.7 cm³/mol. The van der Waals surface area contributed by atoms with E-state index in [2.05, 4.69) is 26.7 Å². The summed E-state index contributed by atoms with van der Waals surface area (Å²) in [5.74, 6) is 2.97. The Morgan fingerprint density at radius 3 is 2.84 bits per heavy atom. The molecule has 25 heavy (non-hydrogen) atoms. The number of amides is 1. The molecule has 1 amide bonds. The lowest BCUT2D eigenvalue weighted by atomic mass is 10.2. The predicted octanol–water partition coefficient (Wildman–Crippen LogP) is 3.22. The van der Waals surface area contributed by atoms with Crippen LogP contribution >= 0.6 is 0 Å². The number of anilines is 1. The third-order valence-electron chi connectivity index (χ3n) is 5.25. The number of aromatic nitrogens is 2. The summed E-state index contributed by atoms with van der Waals surface area (Å²) in [6.07, 6.45) is 8.37. The maximum atomic E-state index is 12.7. The lowest BCUT2D eigenvalue weighted by Crippen LogP contribution is -2.19. The highest BCUT2D eigenvalue weighted by Gasteiger charge is 2.21. The number of aryl methyl sites for hydroxylation is 2. The molecule has 0 aromatic carbocycles. The first kappa shape index (κ1) is 16.4. The number of carbonyl (C=O) groups excluding carboxylic acids is 1. The van der Waals surface area contributed by atoms with Gasteiger partial charge < -0.3 is 14.3 Å². The summed E-state index contributed by atoms with van der Waals surface area (Å²) < 4.78 is 7.97. The second kappa shape index (κ2) is 7.04. The molecule has 4 heterocycles. The van der Waals surface area contributed by atoms with Gasteiger partial charge in [-0.2, -0.15) is 0 Å². The summed E-state index contributed by atoms with van der Waals surface area (Å²) in [5, 5.41) is 2.98. The molecule has 0 saturated carbocycles. The van der Waals surface area contributed by atoms with Crippen LogP contribution < -0.4 is 5.32 Å². The first-order chi connectivity index (χ1) is 12.2. The first-order valence-electron chi connectivity index (χ1n) is 9.44. The largest absolute Gasteiger partial charge is 0.456 e. The Labute approximate surface area is 148 Å². The summed E-state index contributed by atoms with van der Waals surface area (Å²) in [6, 6.07) is 1.92. The zero-order chi connectivity index (χ0) is 17.2. The third-order valence-corrected chi connectivity index (χ3v) is 5.25. The molecule has 6 heteroatoms. The lowest BCUT2D eigenvalue weighted by Gasteiger charge is -2.16. The number of likely N-dealkylation sites (tertiary alicyclic amines) is 1. The molecule has 0 atom stereocenters. The minimum atomic E-state index is -0.185. The van der Waals surface area contributed by atoms with E-state index in [1.807, 2.05) is 6.07 Å². The Balaban J connectivity index is 1.50. The van der Waals surface area contributed by atoms with Crippen molar-refractivity contribution in [3.05, 3.63) is 35.2 Å². The molecule has 0 unspecified atom stereocenters. The molecule has 2 aliphatic rings. The number of nitrogens with one attached hydrogen (secondary N) is 1. The van der Waals surface area contributed by atoms with Gasteiger partial charge in [-0.1, -0.05) is 6.92 Å². The van der Waals surface area contributed by atoms with Gasteiger partial charge in [-0.3, -0.25) is 9.69 Å². The van der Waals surface area contributed by atoms with E-state index in [1.54, 1.807) is 6.20 Å². The zero-order valence-corrected chi connectivity index (χ0v) is 14.9. The van der Waals surface area contributed by atoms with Gasteiger partial charge in [-0.05, 0) is 44.8 Å². The van der Waals surface area contributed by atoms with Gasteiger partial charge in [0.25, 0.3) is 5.91 Å². The van der Waals surface area contributed by atoms with E-state index in [1.165, 1.54) is 19.3 Å². The van der Waals surface area contributed by atoms with Crippen LogP contribution in [-0.2, 0) is 25.9 Å². The Hall–Kier alpha value is -2.08. The molecule has 0 radical (unpaired) electrons. The number of hydrogen-bond acceptors (Lipinski definition) is 4. The molecule has 2 aromatic heterocycles. The number of carbonyl (C=O) groups is 1. The van der Waals surface area contributed by atoms with Crippen LogP contribution in [0.15, 0.2) is 16.7 Å². The van der Waals surface area contributed by atoms with Crippen LogP contribution in [0.4, 0.5) is 5.82 Å². The SMILES string of the molecule is CCc1oc(C(=O)Nc2cnc3n2CCCC3)cc1CN1CCCC1. The van der Waals surface area contributed by atoms with E-state index in [9.17, 15) is 4.79 Å². The molecule has 1 saturated heterocycles. The van der Waals surface area contributed by atoms with E-state index in [0.29, 0.717) is 5.76 Å². The van der Waals surface area contributed by atoms with Crippen molar-refractivity contribution in [1.29, 1.82) is 0 Å². The average Bonchev–Trinajstić information content (AvgIpc) is 3.36. The molecule has 0 aliphatic carbocycles. The minimum Gasteiger partial charge on any atom is -0.456 e. The number of hydrogen-bond donors (Lipinski definition) is 1. The van der Waals surface area contributed by atoms with Crippen molar-refractivity contribution < 1.29 is 9.21 Å². The van der Waals surface area contributed by atoms with E-state index in [0.717, 1.165) is 68.4 Å². The van der Waals surface area contributed by atoms with Crippen molar-refractivity contribution >= 4 is 11.7 Å². The summed E-state index contributed by atoms with van der Waals surface area (Å²) >= 11 is 0. The molecule has 0 spiro atoms. The van der Waals surface area contributed by atoms with Gasteiger partial charge in [0.05, 0.1) is 6.20 Å². The van der Waals surface area contributed by atoms with Crippen molar-refractivity contribution in [3.8, 4) is 0 Å². The summed E-state index contributed by atoms with van der Waals surface area (Å²) in [5.41, 5.74) is 1.14. The molecule has 2 aliphatic heterocycles. The lowest BCUT2D eigenvalue weighted by molar-refractivity contribution is 0.0994. The number of rotatable bonds is 5. The Bertz CT molecular complexity index is 756. The van der Waals surface area contributed by atoms with Gasteiger partial charge in [-0.25, -0.2) is 4.98 Å². The molecule has 1 N–H and O–H groups in total. The van der Waals surface area contributed by atoms with Crippen LogP contribution in [0, 0.1) is 0 Å². The number of fused-ring (bicyclic) bond motifs is 1. The fourth-order valence-electron chi connectivity index (χ4n) is 3.89. The van der Waals surface area contributed by atoms with Gasteiger partial charge in [0.1, 0.15) is 17.4 Å². The van der Waals surface area contributed by atoms with E-state index in [-0.39, 0.29) is 5.91 Å². The van der Waals surface area contributed by atoms with Gasteiger partial charge >= 0.3 is 0 Å². The Kier molecular flexibility index (Phi) is 4.61. The first-order valence-corrected chi connectivity index (χ1v) is 9.44. The standard InChI is InChI=1S/C19H26N4O2/c1-2-15-14(13-22-8-5-6-9-22)11-16(25-15)19(24)21-18-12-20-17-7-3-4-10-23(17)18/h11-12H,2-10,13H2,1H3,(H,21,24). The van der Waals surface area contributed by atoms with Gasteiger partial charge in [0.15, 0.2) is 5.76 Å². The second-order valence-corrected chi connectivity index (χ2v) is 7.02. The van der Waals surface area contributed by atoms with Gasteiger partial charge in [-0.15, -0.1) is 0 Å². The summed E-state index contributed by atoms with van der Waals surface area (Å²) in [6.45, 7) is 6.14. The number of nitrogens with zero attached hydrogens (tertiary/aromatic N) is 3. The normalized spacial score (nSPS) is 17.6. The van der Waals surface area contributed by atoms with Crippen LogP contribution in [0.3, 0.4) is 0 Å². The van der Waals surface area contributed by atoms with Gasteiger partial charge in [0, 0.05) is 31.5 Å². The monoisotopic (exact) mass is 342 g/mol. The third kappa shape index (κ3) is 3.35. The quantitative estimate of drug-likeness (QED) is 0.906. The molecular formula is C19H26N4O2. The fourth-order valence-corrected chi connectivity index (χ4v) is 3.89. The summed E-state index contributed by atoms with van der Waals surface area (Å²) in [4.78, 5) is 19.5. The van der Waals surface area contributed by atoms with Crippen LogP contribution in [0.25, 0.3) is 0 Å². The Morgan fingerprint density at radius 2 is 2.04 bits per heavy atom. The molecule has 0 bridgehead atoms.